The lowest BCUT2D eigenvalue weighted by Gasteiger charge is -2.08. The Balaban J connectivity index is 3.02. The minimum Gasteiger partial charge on any atom is -0.487 e. The number of benzene rings is 1. The van der Waals surface area contributed by atoms with E-state index in [4.69, 9.17) is 21.5 Å². The number of rotatable bonds is 4. The third-order valence-electron chi connectivity index (χ3n) is 1.54. The maximum atomic E-state index is 11.1. The summed E-state index contributed by atoms with van der Waals surface area (Å²) in [7, 11) is -3.78. The molecule has 0 aliphatic heterocycles. The minimum atomic E-state index is -3.78. The van der Waals surface area contributed by atoms with Crippen LogP contribution < -0.4 is 9.88 Å². The van der Waals surface area contributed by atoms with Crippen molar-refractivity contribution in [3.8, 4) is 5.75 Å². The third kappa shape index (κ3) is 3.54. The summed E-state index contributed by atoms with van der Waals surface area (Å²) >= 11 is 5.49. The Labute approximate surface area is 93.4 Å². The van der Waals surface area contributed by atoms with Gasteiger partial charge in [-0.15, -0.1) is 0 Å². The first-order valence-corrected chi connectivity index (χ1v) is 5.91. The van der Waals surface area contributed by atoms with Gasteiger partial charge in [0.2, 0.25) is 10.0 Å². The second-order valence-corrected chi connectivity index (χ2v) is 4.86. The van der Waals surface area contributed by atoms with Crippen LogP contribution in [0.25, 0.3) is 0 Å². The van der Waals surface area contributed by atoms with Crippen molar-refractivity contribution in [3.05, 3.63) is 35.9 Å². The first kappa shape index (κ1) is 12.0. The smallest absolute Gasteiger partial charge is 0.241 e. The van der Waals surface area contributed by atoms with Crippen molar-refractivity contribution < 1.29 is 13.2 Å². The Hall–Kier alpha value is -1.04. The zero-order valence-electron chi connectivity index (χ0n) is 7.81. The number of para-hydroxylation sites is 1. The van der Waals surface area contributed by atoms with Gasteiger partial charge in [0.15, 0.2) is 0 Å². The van der Waals surface area contributed by atoms with Crippen LogP contribution in [0.15, 0.2) is 40.8 Å². The van der Waals surface area contributed by atoms with Gasteiger partial charge in [-0.2, -0.15) is 0 Å². The molecule has 0 heterocycles. The number of halogens is 1. The van der Waals surface area contributed by atoms with Gasteiger partial charge in [0, 0.05) is 5.03 Å². The van der Waals surface area contributed by atoms with Crippen molar-refractivity contribution in [2.45, 2.75) is 4.90 Å². The molecule has 0 atom stereocenters. The lowest BCUT2D eigenvalue weighted by Crippen LogP contribution is -2.14. The van der Waals surface area contributed by atoms with Gasteiger partial charge in [-0.3, -0.25) is 0 Å². The highest BCUT2D eigenvalue weighted by Gasteiger charge is 2.13. The SMILES string of the molecule is C=C(Cl)COc1ccccc1S(N)(=O)=O. The Morgan fingerprint density at radius 2 is 2.07 bits per heavy atom. The normalized spacial score (nSPS) is 11.1. The number of nitrogens with two attached hydrogens (primary N) is 1. The molecule has 1 aromatic rings. The van der Waals surface area contributed by atoms with E-state index in [-0.39, 0.29) is 22.3 Å². The van der Waals surface area contributed by atoms with Gasteiger partial charge in [0.1, 0.15) is 17.3 Å². The molecule has 0 radical (unpaired) electrons. The van der Waals surface area contributed by atoms with E-state index in [1.165, 1.54) is 12.1 Å². The molecule has 2 N–H and O–H groups in total. The highest BCUT2D eigenvalue weighted by molar-refractivity contribution is 7.89. The van der Waals surface area contributed by atoms with Crippen molar-refractivity contribution in [1.82, 2.24) is 0 Å². The first-order valence-electron chi connectivity index (χ1n) is 3.99. The summed E-state index contributed by atoms with van der Waals surface area (Å²) in [4.78, 5) is -0.0667. The molecule has 0 aromatic heterocycles. The van der Waals surface area contributed by atoms with Crippen LogP contribution in [0.1, 0.15) is 0 Å². The summed E-state index contributed by atoms with van der Waals surface area (Å²) < 4.78 is 27.4. The molecule has 1 rings (SSSR count). The molecule has 15 heavy (non-hydrogen) atoms. The highest BCUT2D eigenvalue weighted by atomic mass is 35.5. The first-order chi connectivity index (χ1) is 6.91. The van der Waals surface area contributed by atoms with E-state index >= 15 is 0 Å². The number of primary sulfonamides is 1. The quantitative estimate of drug-likeness (QED) is 0.876. The van der Waals surface area contributed by atoms with Gasteiger partial charge in [-0.1, -0.05) is 30.3 Å². The predicted molar refractivity (Wildman–Crippen MR) is 58.3 cm³/mol. The topological polar surface area (TPSA) is 69.4 Å². The van der Waals surface area contributed by atoms with Crippen molar-refractivity contribution in [1.29, 1.82) is 0 Å². The van der Waals surface area contributed by atoms with Crippen LogP contribution in [0.3, 0.4) is 0 Å². The fraction of sp³-hybridized carbons (Fsp3) is 0.111. The van der Waals surface area contributed by atoms with E-state index in [0.717, 1.165) is 0 Å². The average Bonchev–Trinajstić information content (AvgIpc) is 2.13. The molecule has 0 fully saturated rings. The predicted octanol–water partition coefficient (Wildman–Crippen LogP) is 1.47. The number of sulfonamides is 1. The molecule has 0 spiro atoms. The third-order valence-corrected chi connectivity index (χ3v) is 2.60. The summed E-state index contributed by atoms with van der Waals surface area (Å²) in [5.74, 6) is 0.168. The maximum absolute atomic E-state index is 11.1. The minimum absolute atomic E-state index is 0.0358. The monoisotopic (exact) mass is 247 g/mol. The molecule has 0 aliphatic rings. The Morgan fingerprint density at radius 3 is 2.60 bits per heavy atom. The summed E-state index contributed by atoms with van der Waals surface area (Å²) in [6.07, 6.45) is 0. The van der Waals surface area contributed by atoms with Crippen LogP contribution in [-0.2, 0) is 10.0 Å². The van der Waals surface area contributed by atoms with Crippen molar-refractivity contribution >= 4 is 21.6 Å². The van der Waals surface area contributed by atoms with Crippen molar-refractivity contribution in [2.75, 3.05) is 6.61 Å². The van der Waals surface area contributed by atoms with E-state index in [2.05, 4.69) is 6.58 Å². The molecule has 0 saturated carbocycles. The molecule has 0 saturated heterocycles. The van der Waals surface area contributed by atoms with E-state index < -0.39 is 10.0 Å². The Morgan fingerprint density at radius 1 is 1.47 bits per heavy atom. The molecule has 6 heteroatoms. The molecule has 0 unspecified atom stereocenters. The van der Waals surface area contributed by atoms with Gasteiger partial charge >= 0.3 is 0 Å². The number of hydrogen-bond acceptors (Lipinski definition) is 3. The zero-order valence-corrected chi connectivity index (χ0v) is 9.38. The Bertz CT molecular complexity index is 470. The second kappa shape index (κ2) is 4.65. The maximum Gasteiger partial charge on any atom is 0.241 e. The largest absolute Gasteiger partial charge is 0.487 e. The number of hydrogen-bond donors (Lipinski definition) is 1. The molecule has 82 valence electrons. The van der Waals surface area contributed by atoms with Crippen LogP contribution in [0.2, 0.25) is 0 Å². The fourth-order valence-corrected chi connectivity index (χ4v) is 1.69. The Kier molecular flexibility index (Phi) is 3.73. The van der Waals surface area contributed by atoms with E-state index in [1.807, 2.05) is 0 Å². The van der Waals surface area contributed by atoms with Gasteiger partial charge in [0.05, 0.1) is 0 Å². The van der Waals surface area contributed by atoms with Crippen molar-refractivity contribution in [2.24, 2.45) is 5.14 Å². The van der Waals surface area contributed by atoms with Crippen LogP contribution >= 0.6 is 11.6 Å². The molecule has 1 aromatic carbocycles. The molecule has 0 bridgehead atoms. The summed E-state index contributed by atoms with van der Waals surface area (Å²) in [5, 5.41) is 5.28. The van der Waals surface area contributed by atoms with Gasteiger partial charge in [0.25, 0.3) is 0 Å². The summed E-state index contributed by atoms with van der Waals surface area (Å²) in [6.45, 7) is 3.46. The van der Waals surface area contributed by atoms with Gasteiger partial charge in [-0.25, -0.2) is 13.6 Å². The molecular formula is C9H10ClNO3S. The zero-order chi connectivity index (χ0) is 11.5. The summed E-state index contributed by atoms with van der Waals surface area (Å²) in [6, 6.07) is 6.06. The van der Waals surface area contributed by atoms with Crippen LogP contribution in [0, 0.1) is 0 Å². The molecular weight excluding hydrogens is 238 g/mol. The average molecular weight is 248 g/mol. The van der Waals surface area contributed by atoms with E-state index in [1.54, 1.807) is 12.1 Å². The molecule has 0 aliphatic carbocycles. The second-order valence-electron chi connectivity index (χ2n) is 2.80. The van der Waals surface area contributed by atoms with E-state index in [0.29, 0.717) is 0 Å². The summed E-state index contributed by atoms with van der Waals surface area (Å²) in [5.41, 5.74) is 0. The van der Waals surface area contributed by atoms with E-state index in [9.17, 15) is 8.42 Å². The van der Waals surface area contributed by atoms with Gasteiger partial charge < -0.3 is 4.74 Å². The molecule has 0 amide bonds. The van der Waals surface area contributed by atoms with Crippen molar-refractivity contribution in [3.63, 3.8) is 0 Å². The van der Waals surface area contributed by atoms with Crippen LogP contribution in [0.5, 0.6) is 5.75 Å². The standard InChI is InChI=1S/C9H10ClNO3S/c1-7(10)6-14-8-4-2-3-5-9(8)15(11,12)13/h2-5H,1,6H2,(H2,11,12,13). The highest BCUT2D eigenvalue weighted by Crippen LogP contribution is 2.22. The fourth-order valence-electron chi connectivity index (χ4n) is 0.961. The number of ether oxygens (including phenoxy) is 1. The van der Waals surface area contributed by atoms with Crippen LogP contribution in [0.4, 0.5) is 0 Å². The van der Waals surface area contributed by atoms with Crippen LogP contribution in [-0.4, -0.2) is 15.0 Å². The lowest BCUT2D eigenvalue weighted by atomic mass is 10.3. The molecule has 4 nitrogen and oxygen atoms in total. The van der Waals surface area contributed by atoms with Gasteiger partial charge in [-0.05, 0) is 12.1 Å². The lowest BCUT2D eigenvalue weighted by molar-refractivity contribution is 0.350.